The zero-order valence-electron chi connectivity index (χ0n) is 15.6. The Hall–Kier alpha value is -2.92. The number of fused-ring (bicyclic) bond motifs is 1. The second-order valence-electron chi connectivity index (χ2n) is 6.91. The first-order valence-corrected chi connectivity index (χ1v) is 9.82. The molecule has 0 radical (unpaired) electrons. The van der Waals surface area contributed by atoms with Crippen LogP contribution in [0.2, 0.25) is 0 Å². The van der Waals surface area contributed by atoms with Gasteiger partial charge in [0.2, 0.25) is 5.89 Å². The molecule has 0 saturated carbocycles. The molecule has 4 nitrogen and oxygen atoms in total. The zero-order chi connectivity index (χ0) is 19.7. The van der Waals surface area contributed by atoms with E-state index in [4.69, 9.17) is 4.42 Å². The molecule has 1 heterocycles. The van der Waals surface area contributed by atoms with Gasteiger partial charge in [-0.2, -0.15) is 0 Å². The van der Waals surface area contributed by atoms with Gasteiger partial charge in [-0.3, -0.25) is 4.99 Å². The summed E-state index contributed by atoms with van der Waals surface area (Å²) in [6.07, 6.45) is 1.63. The molecule has 0 saturated heterocycles. The van der Waals surface area contributed by atoms with Crippen molar-refractivity contribution in [3.05, 3.63) is 76.3 Å². The van der Waals surface area contributed by atoms with E-state index in [0.717, 1.165) is 21.2 Å². The van der Waals surface area contributed by atoms with Gasteiger partial charge in [-0.1, -0.05) is 41.9 Å². The summed E-state index contributed by atoms with van der Waals surface area (Å²) in [4.78, 5) is 9.03. The molecule has 28 heavy (non-hydrogen) atoms. The van der Waals surface area contributed by atoms with Crippen molar-refractivity contribution >= 4 is 38.9 Å². The number of oxazole rings is 1. The highest BCUT2D eigenvalue weighted by Crippen LogP contribution is 2.28. The lowest BCUT2D eigenvalue weighted by atomic mass is 10.0. The van der Waals surface area contributed by atoms with Crippen molar-refractivity contribution in [3.8, 4) is 17.2 Å². The Morgan fingerprint density at radius 3 is 2.57 bits per heavy atom. The van der Waals surface area contributed by atoms with E-state index in [-0.39, 0.29) is 5.75 Å². The average molecular weight is 435 g/mol. The van der Waals surface area contributed by atoms with E-state index in [1.807, 2.05) is 36.4 Å². The van der Waals surface area contributed by atoms with Crippen molar-refractivity contribution in [1.29, 1.82) is 0 Å². The van der Waals surface area contributed by atoms with Crippen molar-refractivity contribution in [2.75, 3.05) is 0 Å². The van der Waals surface area contributed by atoms with Crippen molar-refractivity contribution < 1.29 is 9.52 Å². The molecule has 0 unspecified atom stereocenters. The minimum absolute atomic E-state index is 0.180. The van der Waals surface area contributed by atoms with Crippen molar-refractivity contribution in [2.45, 2.75) is 19.8 Å². The third kappa shape index (κ3) is 3.85. The van der Waals surface area contributed by atoms with Gasteiger partial charge in [-0.15, -0.1) is 0 Å². The molecule has 1 N–H and O–H groups in total. The number of aliphatic imine (C=N–C) groups is 1. The highest BCUT2D eigenvalue weighted by Gasteiger charge is 2.09. The minimum atomic E-state index is 0.180. The molecule has 4 aromatic rings. The van der Waals surface area contributed by atoms with Crippen molar-refractivity contribution in [3.63, 3.8) is 0 Å². The van der Waals surface area contributed by atoms with E-state index in [9.17, 15) is 5.11 Å². The Balaban J connectivity index is 1.63. The summed E-state index contributed by atoms with van der Waals surface area (Å²) < 4.78 is 6.83. The lowest BCUT2D eigenvalue weighted by molar-refractivity contribution is 0.474. The summed E-state index contributed by atoms with van der Waals surface area (Å²) in [5, 5.41) is 9.93. The smallest absolute Gasteiger partial charge is 0.227 e. The third-order valence-electron chi connectivity index (χ3n) is 4.54. The van der Waals surface area contributed by atoms with Gasteiger partial charge in [0.1, 0.15) is 11.3 Å². The average Bonchev–Trinajstić information content (AvgIpc) is 3.12. The number of rotatable bonds is 4. The minimum Gasteiger partial charge on any atom is -0.507 e. The lowest BCUT2D eigenvalue weighted by Gasteiger charge is -2.04. The number of hydrogen-bond donors (Lipinski definition) is 1. The van der Waals surface area contributed by atoms with Crippen LogP contribution < -0.4 is 0 Å². The van der Waals surface area contributed by atoms with E-state index in [0.29, 0.717) is 23.0 Å². The van der Waals surface area contributed by atoms with Crippen LogP contribution in [-0.2, 0) is 0 Å². The maximum Gasteiger partial charge on any atom is 0.227 e. The van der Waals surface area contributed by atoms with Gasteiger partial charge in [0, 0.05) is 27.9 Å². The Morgan fingerprint density at radius 2 is 1.82 bits per heavy atom. The van der Waals surface area contributed by atoms with Crippen LogP contribution >= 0.6 is 15.9 Å². The lowest BCUT2D eigenvalue weighted by Crippen LogP contribution is -1.86. The number of hydrogen-bond acceptors (Lipinski definition) is 4. The molecule has 5 heteroatoms. The number of nitrogens with zero attached hydrogens (tertiary/aromatic N) is 2. The number of halogens is 1. The first-order chi connectivity index (χ1) is 13.5. The van der Waals surface area contributed by atoms with Crippen LogP contribution in [0.1, 0.15) is 30.9 Å². The van der Waals surface area contributed by atoms with Crippen LogP contribution in [0.25, 0.3) is 22.6 Å². The molecule has 3 aromatic carbocycles. The van der Waals surface area contributed by atoms with Crippen LogP contribution in [0.3, 0.4) is 0 Å². The molecule has 140 valence electrons. The fourth-order valence-corrected chi connectivity index (χ4v) is 3.28. The van der Waals surface area contributed by atoms with Gasteiger partial charge in [-0.05, 0) is 53.9 Å². The summed E-state index contributed by atoms with van der Waals surface area (Å²) in [6.45, 7) is 4.34. The Kier molecular flexibility index (Phi) is 5.01. The number of aromatic nitrogens is 1. The van der Waals surface area contributed by atoms with E-state index in [2.05, 4.69) is 51.9 Å². The third-order valence-corrected chi connectivity index (χ3v) is 5.03. The van der Waals surface area contributed by atoms with Gasteiger partial charge in [0.05, 0.1) is 5.69 Å². The molecular formula is C23H19BrN2O2. The molecular weight excluding hydrogens is 416 g/mol. The van der Waals surface area contributed by atoms with Gasteiger partial charge in [0.25, 0.3) is 0 Å². The molecule has 0 fully saturated rings. The largest absolute Gasteiger partial charge is 0.507 e. The van der Waals surface area contributed by atoms with E-state index in [1.54, 1.807) is 18.3 Å². The van der Waals surface area contributed by atoms with Crippen molar-refractivity contribution in [1.82, 2.24) is 4.98 Å². The van der Waals surface area contributed by atoms with Crippen LogP contribution in [0.4, 0.5) is 5.69 Å². The molecule has 0 spiro atoms. The Labute approximate surface area is 171 Å². The quantitative estimate of drug-likeness (QED) is 0.357. The van der Waals surface area contributed by atoms with Gasteiger partial charge in [0.15, 0.2) is 5.58 Å². The summed E-state index contributed by atoms with van der Waals surface area (Å²) in [7, 11) is 0. The first kappa shape index (κ1) is 18.4. The predicted molar refractivity (Wildman–Crippen MR) is 117 cm³/mol. The van der Waals surface area contributed by atoms with Crippen molar-refractivity contribution in [2.24, 2.45) is 4.99 Å². The number of benzene rings is 3. The maximum atomic E-state index is 9.93. The van der Waals surface area contributed by atoms with Gasteiger partial charge >= 0.3 is 0 Å². The summed E-state index contributed by atoms with van der Waals surface area (Å²) in [5.41, 5.74) is 5.06. The predicted octanol–water partition coefficient (Wildman–Crippen LogP) is 6.84. The molecule has 0 amide bonds. The van der Waals surface area contributed by atoms with Gasteiger partial charge in [-0.25, -0.2) is 4.98 Å². The highest BCUT2D eigenvalue weighted by molar-refractivity contribution is 9.10. The fraction of sp³-hybridized carbons (Fsp3) is 0.130. The van der Waals surface area contributed by atoms with E-state index < -0.39 is 0 Å². The molecule has 0 bridgehead atoms. The number of aromatic hydroxyl groups is 1. The molecule has 0 aliphatic rings. The van der Waals surface area contributed by atoms with Gasteiger partial charge < -0.3 is 9.52 Å². The summed E-state index contributed by atoms with van der Waals surface area (Å²) in [6, 6.07) is 19.1. The SMILES string of the molecule is CC(C)c1ccc(-c2nc3ccc(N=Cc4cc(Br)ccc4O)cc3o2)cc1. The Bertz CT molecular complexity index is 1160. The summed E-state index contributed by atoms with van der Waals surface area (Å²) >= 11 is 3.40. The normalized spacial score (nSPS) is 11.7. The molecule has 0 atom stereocenters. The molecule has 1 aromatic heterocycles. The monoisotopic (exact) mass is 434 g/mol. The van der Waals surface area contributed by atoms with Crippen LogP contribution in [-0.4, -0.2) is 16.3 Å². The molecule has 4 rings (SSSR count). The highest BCUT2D eigenvalue weighted by atomic mass is 79.9. The summed E-state index contributed by atoms with van der Waals surface area (Å²) in [5.74, 6) is 1.26. The molecule has 0 aliphatic carbocycles. The molecule has 0 aliphatic heterocycles. The van der Waals surface area contributed by atoms with Crippen LogP contribution in [0.15, 0.2) is 74.5 Å². The van der Waals surface area contributed by atoms with E-state index >= 15 is 0 Å². The number of phenols is 1. The zero-order valence-corrected chi connectivity index (χ0v) is 17.1. The van der Waals surface area contributed by atoms with Crippen LogP contribution in [0, 0.1) is 0 Å². The fourth-order valence-electron chi connectivity index (χ4n) is 2.90. The second kappa shape index (κ2) is 7.60. The maximum absolute atomic E-state index is 9.93. The topological polar surface area (TPSA) is 58.6 Å². The second-order valence-corrected chi connectivity index (χ2v) is 7.82. The van der Waals surface area contributed by atoms with E-state index in [1.165, 1.54) is 5.56 Å². The first-order valence-electron chi connectivity index (χ1n) is 9.03. The Morgan fingerprint density at radius 1 is 1.04 bits per heavy atom. The number of phenolic OH excluding ortho intramolecular Hbond substituents is 1. The van der Waals surface area contributed by atoms with Crippen LogP contribution in [0.5, 0.6) is 5.75 Å². The standard InChI is InChI=1S/C23H19BrN2O2/c1-14(2)15-3-5-16(6-4-15)23-26-20-9-8-19(12-22(20)28-23)25-13-17-11-18(24)7-10-21(17)27/h3-14,27H,1-2H3.